The van der Waals surface area contributed by atoms with E-state index in [1.165, 1.54) is 37.7 Å². The Hall–Kier alpha value is -1.95. The van der Waals surface area contributed by atoms with Crippen molar-refractivity contribution in [3.8, 4) is 0 Å². The summed E-state index contributed by atoms with van der Waals surface area (Å²) in [6.07, 6.45) is 11.0. The summed E-state index contributed by atoms with van der Waals surface area (Å²) in [6, 6.07) is 4.05. The van der Waals surface area contributed by atoms with Gasteiger partial charge in [-0.05, 0) is 72.3 Å². The molecule has 6 rings (SSSR count). The third-order valence-corrected chi connectivity index (χ3v) is 9.28. The van der Waals surface area contributed by atoms with Crippen LogP contribution < -0.4 is 5.32 Å². The van der Waals surface area contributed by atoms with Gasteiger partial charge in [-0.15, -0.1) is 0 Å². The van der Waals surface area contributed by atoms with E-state index in [2.05, 4.69) is 21.3 Å². The lowest BCUT2D eigenvalue weighted by Gasteiger charge is -2.66. The van der Waals surface area contributed by atoms with Gasteiger partial charge in [0.05, 0.1) is 6.54 Å². The molecule has 5 aliphatic rings. The molecule has 1 aromatic heterocycles. The lowest BCUT2D eigenvalue weighted by Crippen LogP contribution is -2.59. The zero-order chi connectivity index (χ0) is 20.3. The molecule has 30 heavy (non-hydrogen) atoms. The molecular formula is C24H32N4O2. The Morgan fingerprint density at radius 2 is 1.87 bits per heavy atom. The largest absolute Gasteiger partial charge is 0.347 e. The van der Waals surface area contributed by atoms with E-state index in [0.29, 0.717) is 11.8 Å². The molecule has 1 aromatic rings. The first-order valence-corrected chi connectivity index (χ1v) is 11.7. The van der Waals surface area contributed by atoms with Crippen molar-refractivity contribution < 1.29 is 9.59 Å². The minimum atomic E-state index is 0.0542. The molecule has 2 amide bonds. The fraction of sp³-hybridized carbons (Fsp3) is 0.708. The number of carbonyl (C=O) groups excluding carboxylic acids is 2. The molecule has 6 heteroatoms. The van der Waals surface area contributed by atoms with Crippen molar-refractivity contribution >= 4 is 11.8 Å². The predicted molar refractivity (Wildman–Crippen MR) is 112 cm³/mol. The van der Waals surface area contributed by atoms with Crippen LogP contribution in [0.15, 0.2) is 24.5 Å². The van der Waals surface area contributed by atoms with Crippen LogP contribution in [0.1, 0.15) is 44.1 Å². The van der Waals surface area contributed by atoms with E-state index in [0.717, 1.165) is 50.5 Å². The lowest BCUT2D eigenvalue weighted by molar-refractivity contribution is -0.177. The van der Waals surface area contributed by atoms with Crippen LogP contribution in [0.2, 0.25) is 0 Å². The summed E-state index contributed by atoms with van der Waals surface area (Å²) in [5.74, 6) is 2.95. The minimum absolute atomic E-state index is 0.0542. The summed E-state index contributed by atoms with van der Waals surface area (Å²) < 4.78 is 0. The van der Waals surface area contributed by atoms with Crippen molar-refractivity contribution in [3.05, 3.63) is 30.1 Å². The Balaban J connectivity index is 0.950. The Morgan fingerprint density at radius 3 is 2.50 bits per heavy atom. The van der Waals surface area contributed by atoms with Crippen molar-refractivity contribution in [1.29, 1.82) is 0 Å². The van der Waals surface area contributed by atoms with Gasteiger partial charge in [-0.2, -0.15) is 0 Å². The Bertz CT molecular complexity index is 832. The van der Waals surface area contributed by atoms with Crippen molar-refractivity contribution in [3.63, 3.8) is 0 Å². The number of carbonyl (C=O) groups is 2. The molecule has 4 saturated carbocycles. The quantitative estimate of drug-likeness (QED) is 0.783. The number of amides is 2. The normalized spacial score (nSPS) is 38.5. The molecule has 1 spiro atoms. The second kappa shape index (κ2) is 6.78. The van der Waals surface area contributed by atoms with Crippen LogP contribution in [0.4, 0.5) is 0 Å². The molecule has 4 aliphatic carbocycles. The van der Waals surface area contributed by atoms with Crippen LogP contribution in [-0.2, 0) is 16.1 Å². The highest BCUT2D eigenvalue weighted by Gasteiger charge is 2.77. The van der Waals surface area contributed by atoms with Gasteiger partial charge < -0.3 is 10.2 Å². The highest BCUT2D eigenvalue weighted by molar-refractivity contribution is 5.85. The maximum absolute atomic E-state index is 12.7. The molecule has 0 aromatic carbocycles. The standard InChI is InChI=1S/C24H32N4O2/c29-21(12-23-10-19-8-18-9-20(11-23)24(18,19)16-23)26-14-22(30)28-6-4-27(5-7-28)15-17-2-1-3-25-13-17/h1-3,13,18-20H,4-12,14-16H2,(H,26,29). The van der Waals surface area contributed by atoms with Gasteiger partial charge in [-0.25, -0.2) is 0 Å². The molecule has 6 nitrogen and oxygen atoms in total. The van der Waals surface area contributed by atoms with E-state index >= 15 is 0 Å². The van der Waals surface area contributed by atoms with Crippen LogP contribution in [0.5, 0.6) is 0 Å². The van der Waals surface area contributed by atoms with Crippen LogP contribution in [0.3, 0.4) is 0 Å². The van der Waals surface area contributed by atoms with Gasteiger partial charge in [-0.1, -0.05) is 6.07 Å². The maximum atomic E-state index is 12.7. The molecule has 160 valence electrons. The van der Waals surface area contributed by atoms with Gasteiger partial charge in [0.1, 0.15) is 0 Å². The van der Waals surface area contributed by atoms with Crippen molar-refractivity contribution in [2.24, 2.45) is 28.6 Å². The number of hydrogen-bond acceptors (Lipinski definition) is 4. The Morgan fingerprint density at radius 1 is 1.10 bits per heavy atom. The monoisotopic (exact) mass is 408 g/mol. The molecule has 1 aliphatic heterocycles. The van der Waals surface area contributed by atoms with E-state index in [-0.39, 0.29) is 23.8 Å². The Kier molecular flexibility index (Phi) is 4.24. The predicted octanol–water partition coefficient (Wildman–Crippen LogP) is 2.06. The first-order chi connectivity index (χ1) is 14.6. The second-order valence-corrected chi connectivity index (χ2v) is 10.7. The van der Waals surface area contributed by atoms with Gasteiger partial charge in [-0.3, -0.25) is 19.5 Å². The molecule has 2 heterocycles. The van der Waals surface area contributed by atoms with Crippen molar-refractivity contribution in [2.45, 2.75) is 45.1 Å². The number of piperazine rings is 1. The SMILES string of the molecule is O=C(CC12CC3CC4CC(C1)C43C2)NCC(=O)N1CCN(Cc2cccnc2)CC1. The highest BCUT2D eigenvalue weighted by Crippen LogP contribution is 2.85. The summed E-state index contributed by atoms with van der Waals surface area (Å²) in [4.78, 5) is 33.7. The topological polar surface area (TPSA) is 65.5 Å². The number of nitrogens with zero attached hydrogens (tertiary/aromatic N) is 3. The highest BCUT2D eigenvalue weighted by atomic mass is 16.2. The fourth-order valence-electron chi connectivity index (χ4n) is 8.04. The van der Waals surface area contributed by atoms with Crippen molar-refractivity contribution in [2.75, 3.05) is 32.7 Å². The van der Waals surface area contributed by atoms with Gasteiger partial charge >= 0.3 is 0 Å². The van der Waals surface area contributed by atoms with E-state index < -0.39 is 0 Å². The number of fused-ring (bicyclic) bond motifs is 1. The summed E-state index contributed by atoms with van der Waals surface area (Å²) in [5, 5.41) is 2.96. The average molecular weight is 409 g/mol. The lowest BCUT2D eigenvalue weighted by atomic mass is 9.38. The minimum Gasteiger partial charge on any atom is -0.347 e. The van der Waals surface area contributed by atoms with Crippen LogP contribution in [0.25, 0.3) is 0 Å². The van der Waals surface area contributed by atoms with Crippen LogP contribution in [-0.4, -0.2) is 59.3 Å². The van der Waals surface area contributed by atoms with E-state index in [4.69, 9.17) is 0 Å². The molecule has 2 bridgehead atoms. The smallest absolute Gasteiger partial charge is 0.242 e. The van der Waals surface area contributed by atoms with Crippen molar-refractivity contribution in [1.82, 2.24) is 20.1 Å². The Labute approximate surface area is 178 Å². The number of pyridine rings is 1. The third-order valence-electron chi connectivity index (χ3n) is 9.28. The molecule has 2 atom stereocenters. The summed E-state index contributed by atoms with van der Waals surface area (Å²) in [7, 11) is 0. The maximum Gasteiger partial charge on any atom is 0.242 e. The van der Waals surface area contributed by atoms with E-state index in [1.54, 1.807) is 6.20 Å². The van der Waals surface area contributed by atoms with Gasteiger partial charge in [0.2, 0.25) is 11.8 Å². The second-order valence-electron chi connectivity index (χ2n) is 10.7. The van der Waals surface area contributed by atoms with Gasteiger partial charge in [0.15, 0.2) is 0 Å². The number of hydrogen-bond donors (Lipinski definition) is 1. The third kappa shape index (κ3) is 2.83. The number of rotatable bonds is 6. The van der Waals surface area contributed by atoms with Crippen LogP contribution in [0, 0.1) is 28.6 Å². The average Bonchev–Trinajstić information content (AvgIpc) is 3.20. The molecular weight excluding hydrogens is 376 g/mol. The summed E-state index contributed by atoms with van der Waals surface area (Å²) in [5.41, 5.74) is 2.12. The van der Waals surface area contributed by atoms with Gasteiger partial charge in [0.25, 0.3) is 0 Å². The zero-order valence-electron chi connectivity index (χ0n) is 17.7. The fourth-order valence-corrected chi connectivity index (χ4v) is 8.04. The molecule has 2 unspecified atom stereocenters. The molecule has 0 radical (unpaired) electrons. The molecule has 5 fully saturated rings. The molecule has 1 saturated heterocycles. The van der Waals surface area contributed by atoms with E-state index in [1.807, 2.05) is 17.2 Å². The first kappa shape index (κ1) is 18.8. The summed E-state index contributed by atoms with van der Waals surface area (Å²) >= 11 is 0. The first-order valence-electron chi connectivity index (χ1n) is 11.7. The number of nitrogens with one attached hydrogen (secondary N) is 1. The zero-order valence-corrected chi connectivity index (χ0v) is 17.7. The van der Waals surface area contributed by atoms with Crippen LogP contribution >= 0.6 is 0 Å². The number of aromatic nitrogens is 1. The van der Waals surface area contributed by atoms with Gasteiger partial charge in [0, 0.05) is 51.5 Å². The van der Waals surface area contributed by atoms with E-state index in [9.17, 15) is 9.59 Å². The summed E-state index contributed by atoms with van der Waals surface area (Å²) in [6.45, 7) is 4.21. The molecule has 1 N–H and O–H groups in total.